The molecule has 0 aliphatic carbocycles. The number of halogens is 2. The van der Waals surface area contributed by atoms with Crippen LogP contribution in [0, 0.1) is 13.8 Å². The molecule has 0 aliphatic heterocycles. The Hall–Kier alpha value is -3.23. The van der Waals surface area contributed by atoms with Crippen molar-refractivity contribution in [2.45, 2.75) is 38.5 Å². The third-order valence-electron chi connectivity index (χ3n) is 5.19. The SMILES string of the molecule is [B]C([B])(Cn1cc(-c2c(C)nc3n(-c4ccccn4)c(C)cn3c2=O)cn1)C(C)(F)F. The summed E-state index contributed by atoms with van der Waals surface area (Å²) < 4.78 is 31.7. The van der Waals surface area contributed by atoms with Crippen molar-refractivity contribution in [1.29, 1.82) is 0 Å². The molecule has 7 nitrogen and oxygen atoms in total. The van der Waals surface area contributed by atoms with Gasteiger partial charge in [-0.2, -0.15) is 5.10 Å². The van der Waals surface area contributed by atoms with Gasteiger partial charge in [-0.15, -0.1) is 0 Å². The van der Waals surface area contributed by atoms with Crippen molar-refractivity contribution in [1.82, 2.24) is 28.7 Å². The topological polar surface area (TPSA) is 70.0 Å². The van der Waals surface area contributed by atoms with E-state index in [0.717, 1.165) is 5.69 Å². The molecule has 0 atom stereocenters. The van der Waals surface area contributed by atoms with E-state index in [2.05, 4.69) is 15.1 Å². The molecular weight excluding hydrogens is 400 g/mol. The summed E-state index contributed by atoms with van der Waals surface area (Å²) >= 11 is 0. The van der Waals surface area contributed by atoms with Gasteiger partial charge in [-0.05, 0) is 38.1 Å². The summed E-state index contributed by atoms with van der Waals surface area (Å²) in [5.41, 5.74) is 1.67. The minimum atomic E-state index is -3.32. The molecule has 0 saturated heterocycles. The standard InChI is InChI=1S/C20H18B2F2N6O/c1-12-9-29-17(31)16(13(2)27-18(29)30(12)15-6-4-5-7-25-15)14-8-26-28(10-14)11-20(21,22)19(3,23)24/h4-10H,11H2,1-3H3. The van der Waals surface area contributed by atoms with Crippen LogP contribution in [0.25, 0.3) is 22.7 Å². The predicted molar refractivity (Wildman–Crippen MR) is 114 cm³/mol. The molecule has 0 spiro atoms. The van der Waals surface area contributed by atoms with Crippen molar-refractivity contribution in [2.24, 2.45) is 0 Å². The molecule has 11 heteroatoms. The second-order valence-electron chi connectivity index (χ2n) is 7.70. The van der Waals surface area contributed by atoms with Crippen molar-refractivity contribution >= 4 is 21.5 Å². The second-order valence-corrected chi connectivity index (χ2v) is 7.70. The maximum atomic E-state index is 13.6. The van der Waals surface area contributed by atoms with Gasteiger partial charge >= 0.3 is 0 Å². The number of rotatable bonds is 5. The minimum Gasteiger partial charge on any atom is -0.273 e. The molecule has 0 saturated carbocycles. The monoisotopic (exact) mass is 418 g/mol. The molecule has 0 amide bonds. The van der Waals surface area contributed by atoms with Crippen molar-refractivity contribution < 1.29 is 8.78 Å². The fourth-order valence-corrected chi connectivity index (χ4v) is 3.39. The van der Waals surface area contributed by atoms with Crippen LogP contribution in [0.1, 0.15) is 18.3 Å². The normalized spacial score (nSPS) is 12.5. The summed E-state index contributed by atoms with van der Waals surface area (Å²) in [5.74, 6) is -2.26. The van der Waals surface area contributed by atoms with E-state index in [-0.39, 0.29) is 5.56 Å². The Labute approximate surface area is 179 Å². The summed E-state index contributed by atoms with van der Waals surface area (Å²) in [4.78, 5) is 22.2. The average molecular weight is 418 g/mol. The molecule has 31 heavy (non-hydrogen) atoms. The van der Waals surface area contributed by atoms with Gasteiger partial charge in [0.2, 0.25) is 11.7 Å². The maximum absolute atomic E-state index is 13.6. The maximum Gasteiger partial charge on any atom is 0.267 e. The van der Waals surface area contributed by atoms with Crippen LogP contribution in [0.2, 0.25) is 5.21 Å². The highest BCUT2D eigenvalue weighted by molar-refractivity contribution is 6.40. The number of pyridine rings is 1. The largest absolute Gasteiger partial charge is 0.273 e. The quantitative estimate of drug-likeness (QED) is 0.468. The van der Waals surface area contributed by atoms with E-state index >= 15 is 0 Å². The van der Waals surface area contributed by atoms with E-state index in [4.69, 9.17) is 15.7 Å². The Balaban J connectivity index is 1.81. The summed E-state index contributed by atoms with van der Waals surface area (Å²) in [6, 6.07) is 5.47. The molecule has 0 N–H and O–H groups in total. The Bertz CT molecular complexity index is 1320. The van der Waals surface area contributed by atoms with Crippen LogP contribution in [0.5, 0.6) is 0 Å². The number of hydrogen-bond acceptors (Lipinski definition) is 4. The zero-order valence-corrected chi connectivity index (χ0v) is 17.3. The molecule has 4 aromatic heterocycles. The van der Waals surface area contributed by atoms with Gasteiger partial charge in [-0.1, -0.05) is 6.07 Å². The first kappa shape index (κ1) is 21.0. The third kappa shape index (κ3) is 3.58. The van der Waals surface area contributed by atoms with Gasteiger partial charge in [0.25, 0.3) is 5.56 Å². The number of nitrogens with zero attached hydrogens (tertiary/aromatic N) is 6. The summed E-state index contributed by atoms with van der Waals surface area (Å²) in [5, 5.41) is 1.76. The predicted octanol–water partition coefficient (Wildman–Crippen LogP) is 2.47. The van der Waals surface area contributed by atoms with E-state index in [1.54, 1.807) is 30.0 Å². The highest BCUT2D eigenvalue weighted by atomic mass is 19.3. The molecule has 4 aromatic rings. The van der Waals surface area contributed by atoms with Crippen molar-refractivity contribution in [3.8, 4) is 16.9 Å². The van der Waals surface area contributed by atoms with Crippen LogP contribution >= 0.6 is 0 Å². The van der Waals surface area contributed by atoms with Gasteiger partial charge in [-0.25, -0.2) is 18.7 Å². The van der Waals surface area contributed by atoms with Crippen LogP contribution in [0.3, 0.4) is 0 Å². The minimum absolute atomic E-state index is 0.310. The van der Waals surface area contributed by atoms with Crippen LogP contribution in [-0.2, 0) is 6.54 Å². The molecule has 154 valence electrons. The molecule has 0 aromatic carbocycles. The first-order chi connectivity index (χ1) is 14.5. The summed E-state index contributed by atoms with van der Waals surface area (Å²) in [7, 11) is 11.1. The lowest BCUT2D eigenvalue weighted by atomic mass is 9.51. The first-order valence-corrected chi connectivity index (χ1v) is 9.51. The number of aryl methyl sites for hydroxylation is 2. The molecule has 4 rings (SSSR count). The van der Waals surface area contributed by atoms with E-state index in [1.807, 2.05) is 19.1 Å². The van der Waals surface area contributed by atoms with Gasteiger partial charge in [0, 0.05) is 36.4 Å². The zero-order chi connectivity index (χ0) is 22.6. The second kappa shape index (κ2) is 7.18. The lowest BCUT2D eigenvalue weighted by Gasteiger charge is -2.32. The lowest BCUT2D eigenvalue weighted by molar-refractivity contribution is -0.00609. The van der Waals surface area contributed by atoms with Gasteiger partial charge in [0.1, 0.15) is 5.82 Å². The van der Waals surface area contributed by atoms with E-state index in [0.29, 0.717) is 35.3 Å². The fraction of sp³-hybridized carbons (Fsp3) is 0.300. The van der Waals surface area contributed by atoms with Gasteiger partial charge in [-0.3, -0.25) is 18.4 Å². The molecule has 4 radical (unpaired) electrons. The Kier molecular flexibility index (Phi) is 4.87. The van der Waals surface area contributed by atoms with Gasteiger partial charge in [0.15, 0.2) is 0 Å². The lowest BCUT2D eigenvalue weighted by Crippen LogP contribution is -2.37. The first-order valence-electron chi connectivity index (χ1n) is 9.51. The fourth-order valence-electron chi connectivity index (χ4n) is 3.39. The number of alkyl halides is 2. The molecular formula is C20H18B2F2N6O. The number of imidazole rings is 1. The van der Waals surface area contributed by atoms with Crippen LogP contribution in [0.4, 0.5) is 8.78 Å². The molecule has 4 heterocycles. The van der Waals surface area contributed by atoms with Gasteiger partial charge in [0.05, 0.1) is 33.1 Å². The number of aromatic nitrogens is 6. The van der Waals surface area contributed by atoms with Crippen LogP contribution in [0.15, 0.2) is 47.8 Å². The summed E-state index contributed by atoms with van der Waals surface area (Å²) in [6.45, 7) is 3.78. The van der Waals surface area contributed by atoms with Crippen molar-refractivity contribution in [3.63, 3.8) is 0 Å². The molecule has 0 aliphatic rings. The molecule has 0 unspecified atom stereocenters. The van der Waals surface area contributed by atoms with Crippen molar-refractivity contribution in [2.75, 3.05) is 0 Å². The Morgan fingerprint density at radius 3 is 2.55 bits per heavy atom. The smallest absolute Gasteiger partial charge is 0.267 e. The van der Waals surface area contributed by atoms with Crippen molar-refractivity contribution in [3.05, 3.63) is 64.7 Å². The number of hydrogen-bond donors (Lipinski definition) is 0. The summed E-state index contributed by atoms with van der Waals surface area (Å²) in [6.07, 6.45) is 6.20. The van der Waals surface area contributed by atoms with E-state index in [9.17, 15) is 13.6 Å². The van der Waals surface area contributed by atoms with E-state index < -0.39 is 17.7 Å². The highest BCUT2D eigenvalue weighted by Crippen LogP contribution is 2.38. The molecule has 0 fully saturated rings. The third-order valence-corrected chi connectivity index (χ3v) is 5.19. The van der Waals surface area contributed by atoms with Crippen LogP contribution in [-0.4, -0.2) is 50.3 Å². The van der Waals surface area contributed by atoms with Gasteiger partial charge < -0.3 is 0 Å². The highest BCUT2D eigenvalue weighted by Gasteiger charge is 2.41. The molecule has 0 bridgehead atoms. The Morgan fingerprint density at radius 1 is 1.16 bits per heavy atom. The number of fused-ring (bicyclic) bond motifs is 1. The van der Waals surface area contributed by atoms with Crippen LogP contribution < -0.4 is 5.56 Å². The Morgan fingerprint density at radius 2 is 1.90 bits per heavy atom. The zero-order valence-electron chi connectivity index (χ0n) is 17.3. The van der Waals surface area contributed by atoms with E-state index in [1.165, 1.54) is 21.5 Å². The average Bonchev–Trinajstić information content (AvgIpc) is 3.25.